The van der Waals surface area contributed by atoms with E-state index in [1.807, 2.05) is 0 Å². The minimum Gasteiger partial charge on any atom is -0.342 e. The highest BCUT2D eigenvalue weighted by Gasteiger charge is 2.41. The Morgan fingerprint density at radius 3 is 2.57 bits per heavy atom. The highest BCUT2D eigenvalue weighted by molar-refractivity contribution is 5.80. The number of aryl methyl sites for hydroxylation is 1. The zero-order valence-electron chi connectivity index (χ0n) is 17.6. The number of benzene rings is 1. The molecule has 4 rings (SSSR count). The molecule has 2 bridgehead atoms. The van der Waals surface area contributed by atoms with Crippen molar-refractivity contribution >= 4 is 5.91 Å². The van der Waals surface area contributed by atoms with E-state index < -0.39 is 0 Å². The number of amides is 1. The third-order valence-corrected chi connectivity index (χ3v) is 7.43. The van der Waals surface area contributed by atoms with Crippen LogP contribution in [0.1, 0.15) is 43.7 Å². The summed E-state index contributed by atoms with van der Waals surface area (Å²) < 4.78 is 0. The van der Waals surface area contributed by atoms with E-state index in [0.29, 0.717) is 23.7 Å². The van der Waals surface area contributed by atoms with Crippen LogP contribution in [0.2, 0.25) is 0 Å². The average Bonchev–Trinajstić information content (AvgIpc) is 3.35. The molecule has 0 unspecified atom stereocenters. The molecule has 3 atom stereocenters. The summed E-state index contributed by atoms with van der Waals surface area (Å²) in [6.07, 6.45) is 10.5. The Kier molecular flexibility index (Phi) is 6.20. The summed E-state index contributed by atoms with van der Waals surface area (Å²) in [4.78, 5) is 17.9. The lowest BCUT2D eigenvalue weighted by molar-refractivity contribution is -0.137. The van der Waals surface area contributed by atoms with Crippen molar-refractivity contribution in [2.24, 2.45) is 23.7 Å². The van der Waals surface area contributed by atoms with Gasteiger partial charge in [-0.1, -0.05) is 36.4 Å². The van der Waals surface area contributed by atoms with Gasteiger partial charge in [0.25, 0.3) is 0 Å². The molecular formula is C25H36N2O. The molecule has 1 saturated carbocycles. The van der Waals surface area contributed by atoms with Crippen LogP contribution in [0.3, 0.4) is 0 Å². The topological polar surface area (TPSA) is 23.6 Å². The highest BCUT2D eigenvalue weighted by atomic mass is 16.2. The number of hydrogen-bond acceptors (Lipinski definition) is 2. The molecule has 28 heavy (non-hydrogen) atoms. The number of likely N-dealkylation sites (tertiary alicyclic amines) is 1. The molecular weight excluding hydrogens is 344 g/mol. The van der Waals surface area contributed by atoms with Crippen LogP contribution < -0.4 is 0 Å². The molecule has 1 aromatic rings. The zero-order chi connectivity index (χ0) is 19.5. The Balaban J connectivity index is 1.22. The number of rotatable bonds is 7. The maximum atomic E-state index is 13.1. The molecule has 1 saturated heterocycles. The fourth-order valence-corrected chi connectivity index (χ4v) is 5.55. The van der Waals surface area contributed by atoms with Crippen LogP contribution in [0.15, 0.2) is 36.4 Å². The normalized spacial score (nSPS) is 27.4. The van der Waals surface area contributed by atoms with E-state index in [2.05, 4.69) is 60.1 Å². The van der Waals surface area contributed by atoms with Gasteiger partial charge < -0.3 is 9.80 Å². The van der Waals surface area contributed by atoms with E-state index in [-0.39, 0.29) is 5.92 Å². The molecule has 3 nitrogen and oxygen atoms in total. The molecule has 1 amide bonds. The number of piperidine rings is 1. The van der Waals surface area contributed by atoms with Crippen molar-refractivity contribution in [2.45, 2.75) is 46.0 Å². The van der Waals surface area contributed by atoms with Gasteiger partial charge in [0.1, 0.15) is 0 Å². The van der Waals surface area contributed by atoms with Gasteiger partial charge in [0.15, 0.2) is 0 Å². The summed E-state index contributed by atoms with van der Waals surface area (Å²) >= 11 is 0. The van der Waals surface area contributed by atoms with Crippen LogP contribution in [0.5, 0.6) is 0 Å². The van der Waals surface area contributed by atoms with Crippen molar-refractivity contribution < 1.29 is 4.79 Å². The van der Waals surface area contributed by atoms with E-state index in [4.69, 9.17) is 0 Å². The van der Waals surface area contributed by atoms with Crippen molar-refractivity contribution in [1.29, 1.82) is 0 Å². The van der Waals surface area contributed by atoms with Gasteiger partial charge in [-0.15, -0.1) is 0 Å². The predicted octanol–water partition coefficient (Wildman–Crippen LogP) is 4.31. The molecule has 1 aliphatic heterocycles. The highest BCUT2D eigenvalue weighted by Crippen LogP contribution is 2.44. The summed E-state index contributed by atoms with van der Waals surface area (Å²) in [6, 6.07) is 8.75. The van der Waals surface area contributed by atoms with Gasteiger partial charge in [0.05, 0.1) is 0 Å². The Bertz CT molecular complexity index is 704. The van der Waals surface area contributed by atoms with Crippen molar-refractivity contribution in [1.82, 2.24) is 9.80 Å². The fraction of sp³-hybridized carbons (Fsp3) is 0.640. The lowest BCUT2D eigenvalue weighted by Gasteiger charge is -2.36. The average molecular weight is 381 g/mol. The number of nitrogens with zero attached hydrogens (tertiary/aromatic N) is 2. The van der Waals surface area contributed by atoms with Crippen molar-refractivity contribution in [3.63, 3.8) is 0 Å². The van der Waals surface area contributed by atoms with Crippen LogP contribution in [0.4, 0.5) is 0 Å². The monoisotopic (exact) mass is 380 g/mol. The Labute approximate surface area is 170 Å². The molecule has 152 valence electrons. The summed E-state index contributed by atoms with van der Waals surface area (Å²) in [7, 11) is 0. The van der Waals surface area contributed by atoms with E-state index in [0.717, 1.165) is 32.5 Å². The second kappa shape index (κ2) is 8.82. The van der Waals surface area contributed by atoms with E-state index >= 15 is 0 Å². The van der Waals surface area contributed by atoms with Crippen LogP contribution in [-0.2, 0) is 11.2 Å². The second-order valence-corrected chi connectivity index (χ2v) is 9.23. The molecule has 1 aromatic carbocycles. The van der Waals surface area contributed by atoms with Crippen molar-refractivity contribution in [2.75, 3.05) is 32.7 Å². The molecule has 1 heterocycles. The maximum Gasteiger partial charge on any atom is 0.226 e. The first kappa shape index (κ1) is 19.7. The van der Waals surface area contributed by atoms with Gasteiger partial charge in [0, 0.05) is 25.6 Å². The molecule has 3 heteroatoms. The SMILES string of the molecule is CCN(CC1CCN(CCc2ccccc2C)CC1)C(=O)[C@@H]1C[C@H]2C=C[C@@H]1C2. The Morgan fingerprint density at radius 2 is 1.93 bits per heavy atom. The van der Waals surface area contributed by atoms with Gasteiger partial charge in [-0.2, -0.15) is 0 Å². The first-order valence-electron chi connectivity index (χ1n) is 11.4. The lowest BCUT2D eigenvalue weighted by atomic mass is 9.90. The van der Waals surface area contributed by atoms with Crippen LogP contribution in [0.25, 0.3) is 0 Å². The lowest BCUT2D eigenvalue weighted by Crippen LogP contribution is -2.43. The number of hydrogen-bond donors (Lipinski definition) is 0. The molecule has 0 N–H and O–H groups in total. The Morgan fingerprint density at radius 1 is 1.14 bits per heavy atom. The zero-order valence-corrected chi connectivity index (χ0v) is 17.6. The molecule has 2 fully saturated rings. The summed E-state index contributed by atoms with van der Waals surface area (Å²) in [5.41, 5.74) is 2.89. The summed E-state index contributed by atoms with van der Waals surface area (Å²) in [6.45, 7) is 9.72. The number of carbonyl (C=O) groups excluding carboxylic acids is 1. The summed E-state index contributed by atoms with van der Waals surface area (Å²) in [5.74, 6) is 2.57. The number of allylic oxidation sites excluding steroid dienone is 2. The van der Waals surface area contributed by atoms with E-state index in [1.165, 1.54) is 43.5 Å². The molecule has 2 aliphatic carbocycles. The predicted molar refractivity (Wildman–Crippen MR) is 115 cm³/mol. The van der Waals surface area contributed by atoms with Crippen LogP contribution in [0, 0.1) is 30.6 Å². The van der Waals surface area contributed by atoms with Gasteiger partial charge in [-0.05, 0) is 87.9 Å². The standard InChI is InChI=1S/C25H36N2O/c1-3-27(25(28)24-17-21-8-9-23(24)16-21)18-20-10-13-26(14-11-20)15-12-22-7-5-4-6-19(22)2/h4-9,20-21,23-24H,3,10-18H2,1-2H3/t21-,23+,24+/m0/s1. The van der Waals surface area contributed by atoms with E-state index in [1.54, 1.807) is 0 Å². The van der Waals surface area contributed by atoms with E-state index in [9.17, 15) is 4.79 Å². The smallest absolute Gasteiger partial charge is 0.226 e. The van der Waals surface area contributed by atoms with Crippen LogP contribution in [-0.4, -0.2) is 48.4 Å². The Hall–Kier alpha value is -1.61. The fourth-order valence-electron chi connectivity index (χ4n) is 5.55. The van der Waals surface area contributed by atoms with Crippen molar-refractivity contribution in [3.8, 4) is 0 Å². The molecule has 0 radical (unpaired) electrons. The third kappa shape index (κ3) is 4.35. The largest absolute Gasteiger partial charge is 0.342 e. The quantitative estimate of drug-likeness (QED) is 0.658. The van der Waals surface area contributed by atoms with Crippen molar-refractivity contribution in [3.05, 3.63) is 47.5 Å². The molecule has 3 aliphatic rings. The minimum absolute atomic E-state index is 0.268. The van der Waals surface area contributed by atoms with Gasteiger partial charge in [-0.25, -0.2) is 0 Å². The van der Waals surface area contributed by atoms with Gasteiger partial charge in [-0.3, -0.25) is 4.79 Å². The third-order valence-electron chi connectivity index (χ3n) is 7.43. The van der Waals surface area contributed by atoms with Crippen LogP contribution >= 0.6 is 0 Å². The van der Waals surface area contributed by atoms with Gasteiger partial charge >= 0.3 is 0 Å². The molecule has 0 aromatic heterocycles. The molecule has 0 spiro atoms. The number of carbonyl (C=O) groups is 1. The minimum atomic E-state index is 0.268. The number of fused-ring (bicyclic) bond motifs is 2. The maximum absolute atomic E-state index is 13.1. The first-order chi connectivity index (χ1) is 13.6. The van der Waals surface area contributed by atoms with Gasteiger partial charge in [0.2, 0.25) is 5.91 Å². The first-order valence-corrected chi connectivity index (χ1v) is 11.4. The summed E-state index contributed by atoms with van der Waals surface area (Å²) in [5, 5.41) is 0. The second-order valence-electron chi connectivity index (χ2n) is 9.23.